The molecule has 1 aliphatic heterocycles. The first kappa shape index (κ1) is 23.6. The maximum atomic E-state index is 13.3. The molecule has 2 aromatic rings. The highest BCUT2D eigenvalue weighted by atomic mass is 35.5. The Balaban J connectivity index is 1.69. The Morgan fingerprint density at radius 3 is 2.44 bits per heavy atom. The maximum Gasteiger partial charge on any atom is 0.408 e. The molecule has 10 heteroatoms. The van der Waals surface area contributed by atoms with E-state index in [1.165, 1.54) is 6.33 Å². The highest BCUT2D eigenvalue weighted by molar-refractivity contribution is 6.30. The second-order valence-corrected chi connectivity index (χ2v) is 9.08. The van der Waals surface area contributed by atoms with E-state index in [2.05, 4.69) is 15.3 Å². The van der Waals surface area contributed by atoms with Crippen LogP contribution in [0.15, 0.2) is 36.8 Å². The lowest BCUT2D eigenvalue weighted by atomic mass is 10.0. The number of hydrogen-bond donors (Lipinski definition) is 2. The van der Waals surface area contributed by atoms with E-state index < -0.39 is 17.7 Å². The van der Waals surface area contributed by atoms with Crippen molar-refractivity contribution >= 4 is 35.1 Å². The van der Waals surface area contributed by atoms with Crippen molar-refractivity contribution in [2.75, 3.05) is 36.8 Å². The number of carbonyl (C=O) groups excluding carboxylic acids is 2. The van der Waals surface area contributed by atoms with E-state index in [9.17, 15) is 9.59 Å². The molecule has 0 aliphatic carbocycles. The van der Waals surface area contributed by atoms with Gasteiger partial charge in [0, 0.05) is 37.6 Å². The van der Waals surface area contributed by atoms with Crippen LogP contribution in [0.5, 0.6) is 0 Å². The molecule has 1 saturated heterocycles. The average molecular weight is 461 g/mol. The third kappa shape index (κ3) is 6.46. The molecule has 0 bridgehead atoms. The Morgan fingerprint density at radius 2 is 1.84 bits per heavy atom. The average Bonchev–Trinajstić information content (AvgIpc) is 2.73. The summed E-state index contributed by atoms with van der Waals surface area (Å²) in [7, 11) is 0. The van der Waals surface area contributed by atoms with E-state index in [4.69, 9.17) is 22.1 Å². The minimum absolute atomic E-state index is 0.166. The van der Waals surface area contributed by atoms with Crippen molar-refractivity contribution in [1.29, 1.82) is 0 Å². The molecule has 1 aromatic carbocycles. The molecular formula is C22H29ClN6O3. The molecule has 1 unspecified atom stereocenters. The van der Waals surface area contributed by atoms with E-state index in [-0.39, 0.29) is 5.91 Å². The molecule has 0 radical (unpaired) electrons. The number of anilines is 2. The van der Waals surface area contributed by atoms with Gasteiger partial charge in [-0.25, -0.2) is 14.8 Å². The molecule has 32 heavy (non-hydrogen) atoms. The van der Waals surface area contributed by atoms with Gasteiger partial charge in [-0.2, -0.15) is 0 Å². The van der Waals surface area contributed by atoms with Crippen molar-refractivity contribution in [3.05, 3.63) is 47.4 Å². The maximum absolute atomic E-state index is 13.3. The van der Waals surface area contributed by atoms with Crippen molar-refractivity contribution < 1.29 is 14.3 Å². The van der Waals surface area contributed by atoms with Crippen LogP contribution >= 0.6 is 11.6 Å². The summed E-state index contributed by atoms with van der Waals surface area (Å²) in [5.74, 6) is 0.498. The smallest absolute Gasteiger partial charge is 0.408 e. The first-order valence-electron chi connectivity index (χ1n) is 10.5. The van der Waals surface area contributed by atoms with E-state index in [1.807, 2.05) is 17.0 Å². The lowest BCUT2D eigenvalue weighted by Crippen LogP contribution is -2.56. The van der Waals surface area contributed by atoms with Crippen LogP contribution in [-0.4, -0.2) is 64.7 Å². The van der Waals surface area contributed by atoms with Crippen LogP contribution in [0.2, 0.25) is 5.02 Å². The van der Waals surface area contributed by atoms with Gasteiger partial charge in [0.15, 0.2) is 5.82 Å². The van der Waals surface area contributed by atoms with Crippen molar-refractivity contribution in [3.63, 3.8) is 0 Å². The highest BCUT2D eigenvalue weighted by Crippen LogP contribution is 2.20. The lowest BCUT2D eigenvalue weighted by Gasteiger charge is -2.37. The topological polar surface area (TPSA) is 114 Å². The highest BCUT2D eigenvalue weighted by Gasteiger charge is 2.31. The number of nitrogens with one attached hydrogen (secondary N) is 1. The van der Waals surface area contributed by atoms with Gasteiger partial charge in [-0.1, -0.05) is 23.7 Å². The molecule has 172 valence electrons. The summed E-state index contributed by atoms with van der Waals surface area (Å²) in [5.41, 5.74) is 6.70. The number of halogens is 1. The van der Waals surface area contributed by atoms with Crippen molar-refractivity contribution in [2.24, 2.45) is 0 Å². The number of nitrogens with two attached hydrogens (primary N) is 1. The first-order valence-corrected chi connectivity index (χ1v) is 10.8. The van der Waals surface area contributed by atoms with Crippen LogP contribution in [0.1, 0.15) is 26.3 Å². The number of carbonyl (C=O) groups is 2. The van der Waals surface area contributed by atoms with Gasteiger partial charge in [-0.3, -0.25) is 4.79 Å². The molecule has 1 atom stereocenters. The summed E-state index contributed by atoms with van der Waals surface area (Å²) in [6, 6.07) is 6.44. The summed E-state index contributed by atoms with van der Waals surface area (Å²) < 4.78 is 5.37. The van der Waals surface area contributed by atoms with Crippen molar-refractivity contribution in [3.8, 4) is 0 Å². The Bertz CT molecular complexity index is 939. The second kappa shape index (κ2) is 10.0. The second-order valence-electron chi connectivity index (χ2n) is 8.64. The summed E-state index contributed by atoms with van der Waals surface area (Å²) in [6.07, 6.45) is 2.72. The number of hydrogen-bond acceptors (Lipinski definition) is 7. The standard InChI is InChI=1S/C22H29ClN6O3/c1-22(2,3)32-21(31)27-18(12-15-4-6-16(23)7-5-15)20(30)29-10-8-28(9-11-29)19-17(24)13-25-14-26-19/h4-7,13-14,18H,8-12,24H2,1-3H3,(H,27,31). The number of aromatic nitrogens is 2. The zero-order valence-electron chi connectivity index (χ0n) is 18.5. The normalized spacial score (nSPS) is 15.2. The molecule has 0 spiro atoms. The first-order chi connectivity index (χ1) is 15.1. The number of nitrogens with zero attached hydrogens (tertiary/aromatic N) is 4. The third-order valence-corrected chi connectivity index (χ3v) is 5.20. The molecule has 1 aliphatic rings. The molecule has 0 saturated carbocycles. The Labute approximate surface area is 192 Å². The van der Waals surface area contributed by atoms with Crippen LogP contribution in [0.25, 0.3) is 0 Å². The predicted octanol–water partition coefficient (Wildman–Crippen LogP) is 2.50. The fourth-order valence-electron chi connectivity index (χ4n) is 3.46. The quantitative estimate of drug-likeness (QED) is 0.704. The molecule has 3 rings (SSSR count). The zero-order chi connectivity index (χ0) is 23.3. The SMILES string of the molecule is CC(C)(C)OC(=O)NC(Cc1ccc(Cl)cc1)C(=O)N1CCN(c2ncncc2N)CC1. The van der Waals surface area contributed by atoms with Crippen molar-refractivity contribution in [2.45, 2.75) is 38.8 Å². The largest absolute Gasteiger partial charge is 0.444 e. The zero-order valence-corrected chi connectivity index (χ0v) is 19.3. The van der Waals surface area contributed by atoms with Gasteiger partial charge in [0.25, 0.3) is 0 Å². The van der Waals surface area contributed by atoms with Gasteiger partial charge in [-0.15, -0.1) is 0 Å². The van der Waals surface area contributed by atoms with Gasteiger partial charge in [0.05, 0.1) is 11.9 Å². The molecule has 9 nitrogen and oxygen atoms in total. The fourth-order valence-corrected chi connectivity index (χ4v) is 3.59. The monoisotopic (exact) mass is 460 g/mol. The third-order valence-electron chi connectivity index (χ3n) is 4.95. The minimum atomic E-state index is -0.762. The van der Waals surface area contributed by atoms with Crippen LogP contribution in [0, 0.1) is 0 Å². The van der Waals surface area contributed by atoms with Crippen LogP contribution in [-0.2, 0) is 16.0 Å². The lowest BCUT2D eigenvalue weighted by molar-refractivity contribution is -0.133. The predicted molar refractivity (Wildman–Crippen MR) is 124 cm³/mol. The van der Waals surface area contributed by atoms with E-state index in [1.54, 1.807) is 44.0 Å². The number of alkyl carbamates (subject to hydrolysis) is 1. The Morgan fingerprint density at radius 1 is 1.19 bits per heavy atom. The van der Waals surface area contributed by atoms with E-state index in [0.29, 0.717) is 49.1 Å². The van der Waals surface area contributed by atoms with Crippen LogP contribution < -0.4 is 16.0 Å². The van der Waals surface area contributed by atoms with Crippen LogP contribution in [0.3, 0.4) is 0 Å². The van der Waals surface area contributed by atoms with Gasteiger partial charge >= 0.3 is 6.09 Å². The number of benzene rings is 1. The molecule has 1 fully saturated rings. The minimum Gasteiger partial charge on any atom is -0.444 e. The van der Waals surface area contributed by atoms with Gasteiger partial charge < -0.3 is 25.6 Å². The van der Waals surface area contributed by atoms with Gasteiger partial charge in [0.2, 0.25) is 5.91 Å². The number of piperazine rings is 1. The Hall–Kier alpha value is -3.07. The summed E-state index contributed by atoms with van der Waals surface area (Å²) in [5, 5.41) is 3.35. The van der Waals surface area contributed by atoms with Gasteiger partial charge in [0.1, 0.15) is 18.0 Å². The van der Waals surface area contributed by atoms with E-state index >= 15 is 0 Å². The molecule has 2 amide bonds. The Kier molecular flexibility index (Phi) is 7.40. The molecule has 2 heterocycles. The summed E-state index contributed by atoms with van der Waals surface area (Å²) in [4.78, 5) is 37.7. The summed E-state index contributed by atoms with van der Waals surface area (Å²) in [6.45, 7) is 7.45. The molecule has 1 aromatic heterocycles. The number of ether oxygens (including phenoxy) is 1. The number of nitrogen functional groups attached to an aromatic ring is 1. The molecule has 3 N–H and O–H groups in total. The van der Waals surface area contributed by atoms with Gasteiger partial charge in [-0.05, 0) is 38.5 Å². The molecular weight excluding hydrogens is 432 g/mol. The number of rotatable bonds is 5. The fraction of sp³-hybridized carbons (Fsp3) is 0.455. The van der Waals surface area contributed by atoms with Crippen LogP contribution in [0.4, 0.5) is 16.3 Å². The number of amides is 2. The van der Waals surface area contributed by atoms with E-state index in [0.717, 1.165) is 5.56 Å². The summed E-state index contributed by atoms with van der Waals surface area (Å²) >= 11 is 5.98. The van der Waals surface area contributed by atoms with Crippen molar-refractivity contribution in [1.82, 2.24) is 20.2 Å².